The largest absolute Gasteiger partial charge is 0.392 e. The van der Waals surface area contributed by atoms with E-state index in [1.807, 2.05) is 6.92 Å². The Morgan fingerprint density at radius 1 is 1.22 bits per heavy atom. The van der Waals surface area contributed by atoms with Crippen molar-refractivity contribution in [2.24, 2.45) is 0 Å². The van der Waals surface area contributed by atoms with Crippen LogP contribution in [0.3, 0.4) is 0 Å². The van der Waals surface area contributed by atoms with Gasteiger partial charge in [0.15, 0.2) is 0 Å². The smallest absolute Gasteiger partial charge is 0.332 e. The number of hydrogen-bond donors (Lipinski definition) is 1. The molecule has 1 aliphatic heterocycles. The number of benzene rings is 1. The van der Waals surface area contributed by atoms with Crippen LogP contribution in [0.5, 0.6) is 0 Å². The molecule has 0 aliphatic carbocycles. The van der Waals surface area contributed by atoms with Gasteiger partial charge < -0.3 is 4.74 Å². The van der Waals surface area contributed by atoms with Crippen LogP contribution in [0.1, 0.15) is 12.0 Å². The van der Waals surface area contributed by atoms with E-state index < -0.39 is 28.0 Å². The highest BCUT2D eigenvalue weighted by Crippen LogP contribution is 2.14. The SMILES string of the molecule is Cc1ccc(S(=O)(=O)NC2CC(=O)OC2=O)cc1. The normalized spacial score (nSPS) is 19.9. The number of nitrogens with one attached hydrogen (secondary N) is 1. The Kier molecular flexibility index (Phi) is 3.18. The first-order valence-corrected chi connectivity index (χ1v) is 6.70. The monoisotopic (exact) mass is 269 g/mol. The van der Waals surface area contributed by atoms with Crippen LogP contribution in [0.4, 0.5) is 0 Å². The van der Waals surface area contributed by atoms with E-state index in [2.05, 4.69) is 9.46 Å². The van der Waals surface area contributed by atoms with E-state index in [0.29, 0.717) is 0 Å². The Bertz CT molecular complexity index is 590. The van der Waals surface area contributed by atoms with Crippen LogP contribution >= 0.6 is 0 Å². The van der Waals surface area contributed by atoms with Crippen LogP contribution in [0.2, 0.25) is 0 Å². The molecule has 1 heterocycles. The van der Waals surface area contributed by atoms with Crippen molar-refractivity contribution in [3.8, 4) is 0 Å². The minimum Gasteiger partial charge on any atom is -0.392 e. The van der Waals surface area contributed by atoms with E-state index in [4.69, 9.17) is 0 Å². The molecule has 1 aliphatic rings. The zero-order chi connectivity index (χ0) is 13.3. The second-order valence-corrected chi connectivity index (χ2v) is 5.70. The summed E-state index contributed by atoms with van der Waals surface area (Å²) in [6.45, 7) is 1.83. The number of carbonyl (C=O) groups is 2. The number of esters is 2. The summed E-state index contributed by atoms with van der Waals surface area (Å²) in [4.78, 5) is 22.1. The van der Waals surface area contributed by atoms with Crippen LogP contribution in [-0.4, -0.2) is 26.4 Å². The van der Waals surface area contributed by atoms with E-state index in [1.165, 1.54) is 12.1 Å². The predicted molar refractivity (Wildman–Crippen MR) is 61.0 cm³/mol. The Balaban J connectivity index is 2.20. The number of rotatable bonds is 3. The van der Waals surface area contributed by atoms with Crippen LogP contribution in [0.15, 0.2) is 29.2 Å². The fourth-order valence-electron chi connectivity index (χ4n) is 1.54. The fourth-order valence-corrected chi connectivity index (χ4v) is 2.72. The van der Waals surface area contributed by atoms with Gasteiger partial charge in [0.05, 0.1) is 11.3 Å². The van der Waals surface area contributed by atoms with Crippen molar-refractivity contribution < 1.29 is 22.7 Å². The maximum atomic E-state index is 11.9. The summed E-state index contributed by atoms with van der Waals surface area (Å²) in [6, 6.07) is 5.02. The Morgan fingerprint density at radius 3 is 2.33 bits per heavy atom. The topological polar surface area (TPSA) is 89.5 Å². The van der Waals surface area contributed by atoms with Gasteiger partial charge in [-0.2, -0.15) is 4.72 Å². The molecular weight excluding hydrogens is 258 g/mol. The first kappa shape index (κ1) is 12.7. The van der Waals surface area contributed by atoms with Crippen molar-refractivity contribution in [3.63, 3.8) is 0 Å². The fraction of sp³-hybridized carbons (Fsp3) is 0.273. The first-order valence-electron chi connectivity index (χ1n) is 5.22. The Hall–Kier alpha value is -1.73. The van der Waals surface area contributed by atoms with E-state index in [0.717, 1.165) is 5.56 Å². The molecule has 6 nitrogen and oxygen atoms in total. The lowest BCUT2D eigenvalue weighted by molar-refractivity contribution is -0.152. The molecule has 1 atom stereocenters. The summed E-state index contributed by atoms with van der Waals surface area (Å²) in [5.74, 6) is -1.59. The van der Waals surface area contributed by atoms with Gasteiger partial charge in [-0.05, 0) is 19.1 Å². The summed E-state index contributed by atoms with van der Waals surface area (Å²) < 4.78 is 30.3. The molecule has 0 aromatic heterocycles. The molecule has 1 aromatic carbocycles. The molecule has 0 radical (unpaired) electrons. The van der Waals surface area contributed by atoms with E-state index in [1.54, 1.807) is 12.1 Å². The molecule has 1 unspecified atom stereocenters. The number of hydrogen-bond acceptors (Lipinski definition) is 5. The molecule has 0 spiro atoms. The van der Waals surface area contributed by atoms with E-state index in [-0.39, 0.29) is 11.3 Å². The molecule has 96 valence electrons. The molecule has 1 fully saturated rings. The van der Waals surface area contributed by atoms with Gasteiger partial charge in [-0.25, -0.2) is 13.2 Å². The highest BCUT2D eigenvalue weighted by molar-refractivity contribution is 7.89. The van der Waals surface area contributed by atoms with Gasteiger partial charge in [0.25, 0.3) is 0 Å². The van der Waals surface area contributed by atoms with Gasteiger partial charge in [0.2, 0.25) is 10.0 Å². The molecule has 2 rings (SSSR count). The summed E-state index contributed by atoms with van der Waals surface area (Å²) in [5.41, 5.74) is 0.921. The summed E-state index contributed by atoms with van der Waals surface area (Å²) in [5, 5.41) is 0. The second-order valence-electron chi connectivity index (χ2n) is 3.98. The molecule has 0 amide bonds. The maximum absolute atomic E-state index is 11.9. The molecule has 1 N–H and O–H groups in total. The van der Waals surface area contributed by atoms with Crippen molar-refractivity contribution in [1.82, 2.24) is 4.72 Å². The van der Waals surface area contributed by atoms with Crippen LogP contribution in [0.25, 0.3) is 0 Å². The number of ether oxygens (including phenoxy) is 1. The Morgan fingerprint density at radius 2 is 1.83 bits per heavy atom. The van der Waals surface area contributed by atoms with Gasteiger partial charge in [-0.15, -0.1) is 0 Å². The molecule has 0 bridgehead atoms. The van der Waals surface area contributed by atoms with Gasteiger partial charge >= 0.3 is 11.9 Å². The maximum Gasteiger partial charge on any atom is 0.332 e. The molecule has 0 saturated carbocycles. The number of aryl methyl sites for hydroxylation is 1. The van der Waals surface area contributed by atoms with Crippen molar-refractivity contribution in [2.45, 2.75) is 24.3 Å². The quantitative estimate of drug-likeness (QED) is 0.621. The third-order valence-electron chi connectivity index (χ3n) is 2.50. The first-order chi connectivity index (χ1) is 8.38. The van der Waals surface area contributed by atoms with Gasteiger partial charge in [-0.3, -0.25) is 4.79 Å². The van der Waals surface area contributed by atoms with Gasteiger partial charge in [0, 0.05) is 0 Å². The Labute approximate surface area is 104 Å². The number of sulfonamides is 1. The lowest BCUT2D eigenvalue weighted by atomic mass is 10.2. The van der Waals surface area contributed by atoms with Gasteiger partial charge in [0.1, 0.15) is 6.04 Å². The standard InChI is InChI=1S/C11H11NO5S/c1-7-2-4-8(5-3-7)18(15,16)12-9-6-10(13)17-11(9)14/h2-5,9,12H,6H2,1H3. The zero-order valence-corrected chi connectivity index (χ0v) is 10.4. The minimum atomic E-state index is -3.82. The average molecular weight is 269 g/mol. The lowest BCUT2D eigenvalue weighted by Gasteiger charge is -2.09. The zero-order valence-electron chi connectivity index (χ0n) is 9.54. The minimum absolute atomic E-state index is 0.0419. The van der Waals surface area contributed by atoms with Crippen LogP contribution in [0, 0.1) is 6.92 Å². The molecular formula is C11H11NO5S. The molecule has 1 saturated heterocycles. The van der Waals surface area contributed by atoms with Crippen molar-refractivity contribution in [2.75, 3.05) is 0 Å². The third kappa shape index (κ3) is 2.57. The second kappa shape index (κ2) is 4.51. The highest BCUT2D eigenvalue weighted by atomic mass is 32.2. The van der Waals surface area contributed by atoms with E-state index in [9.17, 15) is 18.0 Å². The van der Waals surface area contributed by atoms with Crippen LogP contribution in [-0.2, 0) is 24.3 Å². The van der Waals surface area contributed by atoms with Crippen molar-refractivity contribution in [1.29, 1.82) is 0 Å². The number of cyclic esters (lactones) is 2. The molecule has 1 aromatic rings. The van der Waals surface area contributed by atoms with Crippen LogP contribution < -0.4 is 4.72 Å². The number of carbonyl (C=O) groups excluding carboxylic acids is 2. The lowest BCUT2D eigenvalue weighted by Crippen LogP contribution is -2.37. The van der Waals surface area contributed by atoms with Crippen molar-refractivity contribution in [3.05, 3.63) is 29.8 Å². The molecule has 7 heteroatoms. The molecule has 18 heavy (non-hydrogen) atoms. The summed E-state index contributed by atoms with van der Waals surface area (Å²) in [6.07, 6.45) is -0.274. The average Bonchev–Trinajstić information content (AvgIpc) is 2.57. The third-order valence-corrected chi connectivity index (χ3v) is 3.99. The van der Waals surface area contributed by atoms with E-state index >= 15 is 0 Å². The van der Waals surface area contributed by atoms with Gasteiger partial charge in [-0.1, -0.05) is 17.7 Å². The summed E-state index contributed by atoms with van der Waals surface area (Å²) >= 11 is 0. The van der Waals surface area contributed by atoms with Crippen molar-refractivity contribution >= 4 is 22.0 Å². The highest BCUT2D eigenvalue weighted by Gasteiger charge is 2.36. The summed E-state index contributed by atoms with van der Waals surface area (Å²) in [7, 11) is -3.82. The predicted octanol–water partition coefficient (Wildman–Crippen LogP) is 0.115.